The van der Waals surface area contributed by atoms with Crippen LogP contribution in [0.25, 0.3) is 0 Å². The summed E-state index contributed by atoms with van der Waals surface area (Å²) in [5, 5.41) is 3.46. The summed E-state index contributed by atoms with van der Waals surface area (Å²) in [5.41, 5.74) is 1.59. The summed E-state index contributed by atoms with van der Waals surface area (Å²) in [7, 11) is 1.96. The van der Waals surface area contributed by atoms with Gasteiger partial charge in [0.15, 0.2) is 0 Å². The lowest BCUT2D eigenvalue weighted by atomic mass is 10.2. The highest BCUT2D eigenvalue weighted by atomic mass is 19.1. The van der Waals surface area contributed by atoms with Crippen molar-refractivity contribution in [3.05, 3.63) is 48.1 Å². The molecule has 21 heavy (non-hydrogen) atoms. The fourth-order valence-electron chi connectivity index (χ4n) is 2.69. The first-order valence-electron chi connectivity index (χ1n) is 7.02. The minimum Gasteiger partial charge on any atom is -0.368 e. The SMILES string of the molecule is Cn1cncc1CN[C@@H]1CCN(c2ccc(F)cc2F)C1. The van der Waals surface area contributed by atoms with E-state index in [1.165, 1.54) is 12.1 Å². The van der Waals surface area contributed by atoms with Gasteiger partial charge in [0.1, 0.15) is 11.6 Å². The molecule has 1 saturated heterocycles. The molecule has 1 N–H and O–H groups in total. The molecule has 3 rings (SSSR count). The summed E-state index contributed by atoms with van der Waals surface area (Å²) in [5.74, 6) is -1.04. The molecule has 0 spiro atoms. The van der Waals surface area contributed by atoms with Crippen molar-refractivity contribution in [3.63, 3.8) is 0 Å². The molecular weight excluding hydrogens is 274 g/mol. The highest BCUT2D eigenvalue weighted by Gasteiger charge is 2.24. The molecule has 0 aliphatic carbocycles. The average molecular weight is 292 g/mol. The summed E-state index contributed by atoms with van der Waals surface area (Å²) >= 11 is 0. The highest BCUT2D eigenvalue weighted by Crippen LogP contribution is 2.24. The lowest BCUT2D eigenvalue weighted by molar-refractivity contribution is 0.537. The van der Waals surface area contributed by atoms with E-state index in [1.54, 1.807) is 6.33 Å². The smallest absolute Gasteiger partial charge is 0.149 e. The zero-order chi connectivity index (χ0) is 14.8. The van der Waals surface area contributed by atoms with Gasteiger partial charge >= 0.3 is 0 Å². The van der Waals surface area contributed by atoms with Crippen LogP contribution in [0.2, 0.25) is 0 Å². The van der Waals surface area contributed by atoms with Gasteiger partial charge in [0.05, 0.1) is 17.7 Å². The average Bonchev–Trinajstić information content (AvgIpc) is 3.05. The number of benzene rings is 1. The van der Waals surface area contributed by atoms with Crippen molar-refractivity contribution in [2.45, 2.75) is 19.0 Å². The Balaban J connectivity index is 1.59. The molecule has 0 saturated carbocycles. The molecule has 1 fully saturated rings. The monoisotopic (exact) mass is 292 g/mol. The Morgan fingerprint density at radius 2 is 2.24 bits per heavy atom. The van der Waals surface area contributed by atoms with E-state index in [2.05, 4.69) is 10.3 Å². The molecular formula is C15H18F2N4. The maximum atomic E-state index is 13.8. The number of hydrogen-bond donors (Lipinski definition) is 1. The van der Waals surface area contributed by atoms with Crippen LogP contribution in [-0.4, -0.2) is 28.7 Å². The van der Waals surface area contributed by atoms with Crippen LogP contribution < -0.4 is 10.2 Å². The van der Waals surface area contributed by atoms with Gasteiger partial charge in [-0.05, 0) is 18.6 Å². The van der Waals surface area contributed by atoms with Crippen LogP contribution in [0.1, 0.15) is 12.1 Å². The van der Waals surface area contributed by atoms with E-state index in [0.29, 0.717) is 11.7 Å². The molecule has 6 heteroatoms. The minimum absolute atomic E-state index is 0.296. The van der Waals surface area contributed by atoms with Gasteiger partial charge in [-0.1, -0.05) is 0 Å². The topological polar surface area (TPSA) is 33.1 Å². The highest BCUT2D eigenvalue weighted by molar-refractivity contribution is 5.49. The summed E-state index contributed by atoms with van der Waals surface area (Å²) in [6.07, 6.45) is 4.54. The summed E-state index contributed by atoms with van der Waals surface area (Å²) in [6.45, 7) is 2.23. The molecule has 1 aliphatic heterocycles. The molecule has 1 aromatic carbocycles. The molecule has 112 valence electrons. The summed E-state index contributed by atoms with van der Waals surface area (Å²) in [6, 6.07) is 4.04. The van der Waals surface area contributed by atoms with E-state index in [0.717, 1.165) is 37.8 Å². The normalized spacial score (nSPS) is 18.4. The second-order valence-electron chi connectivity index (χ2n) is 5.40. The van der Waals surface area contributed by atoms with Gasteiger partial charge in [-0.25, -0.2) is 13.8 Å². The molecule has 0 unspecified atom stereocenters. The first kappa shape index (κ1) is 14.0. The maximum absolute atomic E-state index is 13.8. The van der Waals surface area contributed by atoms with Crippen LogP contribution >= 0.6 is 0 Å². The number of halogens is 2. The fraction of sp³-hybridized carbons (Fsp3) is 0.400. The van der Waals surface area contributed by atoms with E-state index >= 15 is 0 Å². The number of rotatable bonds is 4. The largest absolute Gasteiger partial charge is 0.368 e. The maximum Gasteiger partial charge on any atom is 0.149 e. The number of aromatic nitrogens is 2. The Bertz CT molecular complexity index is 626. The molecule has 2 aromatic rings. The molecule has 1 aliphatic rings. The molecule has 0 amide bonds. The minimum atomic E-state index is -0.540. The van der Waals surface area contributed by atoms with Crippen molar-refractivity contribution in [3.8, 4) is 0 Å². The van der Waals surface area contributed by atoms with E-state index in [-0.39, 0.29) is 0 Å². The van der Waals surface area contributed by atoms with Crippen LogP contribution in [0.4, 0.5) is 14.5 Å². The van der Waals surface area contributed by atoms with E-state index in [4.69, 9.17) is 0 Å². The third-order valence-electron chi connectivity index (χ3n) is 3.93. The third-order valence-corrected chi connectivity index (χ3v) is 3.93. The van der Waals surface area contributed by atoms with Crippen LogP contribution in [-0.2, 0) is 13.6 Å². The number of imidazole rings is 1. The van der Waals surface area contributed by atoms with E-state index in [9.17, 15) is 8.78 Å². The zero-order valence-electron chi connectivity index (χ0n) is 11.9. The summed E-state index contributed by atoms with van der Waals surface area (Å²) in [4.78, 5) is 6.03. The van der Waals surface area contributed by atoms with E-state index < -0.39 is 11.6 Å². The number of nitrogens with one attached hydrogen (secondary N) is 1. The molecule has 2 heterocycles. The van der Waals surface area contributed by atoms with Crippen LogP contribution in [0, 0.1) is 11.6 Å². The Hall–Kier alpha value is -1.95. The van der Waals surface area contributed by atoms with Crippen LogP contribution in [0.5, 0.6) is 0 Å². The van der Waals surface area contributed by atoms with Crippen molar-refractivity contribution < 1.29 is 8.78 Å². The predicted octanol–water partition coefficient (Wildman–Crippen LogP) is 2.07. The lowest BCUT2D eigenvalue weighted by Gasteiger charge is -2.19. The zero-order valence-corrected chi connectivity index (χ0v) is 11.9. The summed E-state index contributed by atoms with van der Waals surface area (Å²) < 4.78 is 28.7. The van der Waals surface area contributed by atoms with Crippen molar-refractivity contribution in [1.82, 2.24) is 14.9 Å². The second-order valence-corrected chi connectivity index (χ2v) is 5.40. The Morgan fingerprint density at radius 3 is 2.95 bits per heavy atom. The van der Waals surface area contributed by atoms with Gasteiger partial charge in [0, 0.05) is 45.0 Å². The molecule has 4 nitrogen and oxygen atoms in total. The van der Waals surface area contributed by atoms with Gasteiger partial charge in [-0.15, -0.1) is 0 Å². The van der Waals surface area contributed by atoms with Crippen molar-refractivity contribution in [2.24, 2.45) is 7.05 Å². The number of anilines is 1. The number of aryl methyl sites for hydroxylation is 1. The lowest BCUT2D eigenvalue weighted by Crippen LogP contribution is -2.32. The Labute approximate surface area is 122 Å². The molecule has 1 aromatic heterocycles. The fourth-order valence-corrected chi connectivity index (χ4v) is 2.69. The molecule has 0 bridgehead atoms. The second kappa shape index (κ2) is 5.81. The van der Waals surface area contributed by atoms with Gasteiger partial charge in [-0.3, -0.25) is 0 Å². The van der Waals surface area contributed by atoms with Crippen molar-refractivity contribution in [2.75, 3.05) is 18.0 Å². The van der Waals surface area contributed by atoms with Gasteiger partial charge < -0.3 is 14.8 Å². The van der Waals surface area contributed by atoms with Gasteiger partial charge in [-0.2, -0.15) is 0 Å². The van der Waals surface area contributed by atoms with Gasteiger partial charge in [0.2, 0.25) is 0 Å². The Kier molecular flexibility index (Phi) is 3.88. The van der Waals surface area contributed by atoms with Crippen molar-refractivity contribution in [1.29, 1.82) is 0 Å². The molecule has 1 atom stereocenters. The number of hydrogen-bond acceptors (Lipinski definition) is 3. The van der Waals surface area contributed by atoms with Gasteiger partial charge in [0.25, 0.3) is 0 Å². The number of nitrogens with zero attached hydrogens (tertiary/aromatic N) is 3. The standard InChI is InChI=1S/C15H18F2N4/c1-20-10-18-7-13(20)8-19-12-4-5-21(9-12)15-3-2-11(16)6-14(15)17/h2-3,6-7,10,12,19H,4-5,8-9H2,1H3/t12-/m1/s1. The quantitative estimate of drug-likeness (QED) is 0.936. The first-order chi connectivity index (χ1) is 10.1. The van der Waals surface area contributed by atoms with Crippen molar-refractivity contribution >= 4 is 5.69 Å². The predicted molar refractivity (Wildman–Crippen MR) is 77.0 cm³/mol. The van der Waals surface area contributed by atoms with E-state index in [1.807, 2.05) is 22.7 Å². The van der Waals surface area contributed by atoms with Crippen LogP contribution in [0.15, 0.2) is 30.7 Å². The van der Waals surface area contributed by atoms with Crippen LogP contribution in [0.3, 0.4) is 0 Å². The third kappa shape index (κ3) is 3.05. The molecule has 0 radical (unpaired) electrons. The Morgan fingerprint density at radius 1 is 1.38 bits per heavy atom. The first-order valence-corrected chi connectivity index (χ1v) is 7.02.